The minimum Gasteiger partial charge on any atom is -0.378 e. The molecule has 33 heavy (non-hydrogen) atoms. The van der Waals surface area contributed by atoms with Gasteiger partial charge in [-0.05, 0) is 69.8 Å². The van der Waals surface area contributed by atoms with Crippen molar-refractivity contribution in [1.29, 1.82) is 0 Å². The van der Waals surface area contributed by atoms with Crippen molar-refractivity contribution in [3.63, 3.8) is 0 Å². The standard InChI is InChI=1S/C30H29BrN2/c1-32(2)27-18-12-24(13-19-27)30(25-14-20-28(21-15-25)33(3)4)29(22-8-6-5-7-9-22)23-10-16-26(31)17-11-23/h5-21H,1-4H3. The van der Waals surface area contributed by atoms with Crippen LogP contribution in [-0.4, -0.2) is 28.2 Å². The monoisotopic (exact) mass is 496 g/mol. The highest BCUT2D eigenvalue weighted by molar-refractivity contribution is 9.10. The van der Waals surface area contributed by atoms with Gasteiger partial charge in [-0.2, -0.15) is 0 Å². The first-order valence-electron chi connectivity index (χ1n) is 11.0. The van der Waals surface area contributed by atoms with Crippen LogP contribution in [-0.2, 0) is 0 Å². The molecular weight excluding hydrogens is 468 g/mol. The second-order valence-electron chi connectivity index (χ2n) is 8.51. The van der Waals surface area contributed by atoms with E-state index in [2.05, 4.69) is 157 Å². The Hall–Kier alpha value is -3.30. The zero-order valence-electron chi connectivity index (χ0n) is 19.6. The highest BCUT2D eigenvalue weighted by atomic mass is 79.9. The van der Waals surface area contributed by atoms with Crippen LogP contribution >= 0.6 is 15.9 Å². The highest BCUT2D eigenvalue weighted by Crippen LogP contribution is 2.38. The number of hydrogen-bond acceptors (Lipinski definition) is 2. The van der Waals surface area contributed by atoms with Gasteiger partial charge >= 0.3 is 0 Å². The number of hydrogen-bond donors (Lipinski definition) is 0. The first-order valence-corrected chi connectivity index (χ1v) is 11.8. The van der Waals surface area contributed by atoms with Crippen LogP contribution in [0.15, 0.2) is 108 Å². The molecule has 3 heteroatoms. The Labute approximate surface area is 205 Å². The second kappa shape index (κ2) is 10.1. The van der Waals surface area contributed by atoms with Crippen molar-refractivity contribution in [2.24, 2.45) is 0 Å². The molecule has 0 saturated carbocycles. The lowest BCUT2D eigenvalue weighted by molar-refractivity contribution is 1.13. The van der Waals surface area contributed by atoms with Crippen molar-refractivity contribution < 1.29 is 0 Å². The van der Waals surface area contributed by atoms with Crippen molar-refractivity contribution in [1.82, 2.24) is 0 Å². The van der Waals surface area contributed by atoms with Crippen LogP contribution in [0.4, 0.5) is 11.4 Å². The lowest BCUT2D eigenvalue weighted by Crippen LogP contribution is -2.09. The molecule has 2 nitrogen and oxygen atoms in total. The summed E-state index contributed by atoms with van der Waals surface area (Å²) >= 11 is 3.60. The van der Waals surface area contributed by atoms with E-state index in [0.29, 0.717) is 0 Å². The van der Waals surface area contributed by atoms with E-state index in [9.17, 15) is 0 Å². The maximum absolute atomic E-state index is 3.60. The van der Waals surface area contributed by atoms with E-state index in [-0.39, 0.29) is 0 Å². The maximum atomic E-state index is 3.60. The Kier molecular flexibility index (Phi) is 7.00. The molecule has 0 aliphatic rings. The van der Waals surface area contributed by atoms with Gasteiger partial charge in [-0.1, -0.05) is 82.7 Å². The zero-order chi connectivity index (χ0) is 23.4. The number of nitrogens with zero attached hydrogens (tertiary/aromatic N) is 2. The van der Waals surface area contributed by atoms with Gasteiger partial charge in [0.25, 0.3) is 0 Å². The highest BCUT2D eigenvalue weighted by Gasteiger charge is 2.16. The summed E-state index contributed by atoms with van der Waals surface area (Å²) in [5, 5.41) is 0. The van der Waals surface area contributed by atoms with Gasteiger partial charge in [0, 0.05) is 44.0 Å². The van der Waals surface area contributed by atoms with E-state index < -0.39 is 0 Å². The summed E-state index contributed by atoms with van der Waals surface area (Å²) in [5.74, 6) is 0. The van der Waals surface area contributed by atoms with Gasteiger partial charge in [0.05, 0.1) is 0 Å². The van der Waals surface area contributed by atoms with Crippen LogP contribution < -0.4 is 9.80 Å². The van der Waals surface area contributed by atoms with E-state index in [1.807, 2.05) is 0 Å². The Morgan fingerprint density at radius 2 is 0.788 bits per heavy atom. The van der Waals surface area contributed by atoms with Crippen molar-refractivity contribution in [3.05, 3.63) is 130 Å². The van der Waals surface area contributed by atoms with Crippen molar-refractivity contribution in [2.75, 3.05) is 38.0 Å². The number of rotatable bonds is 6. The average molecular weight is 497 g/mol. The maximum Gasteiger partial charge on any atom is 0.0361 e. The Morgan fingerprint density at radius 3 is 1.15 bits per heavy atom. The molecule has 4 aromatic rings. The SMILES string of the molecule is CN(C)c1ccc(C(=C(c2ccccc2)c2ccc(Br)cc2)c2ccc(N(C)C)cc2)cc1. The fourth-order valence-electron chi connectivity index (χ4n) is 3.98. The van der Waals surface area contributed by atoms with Crippen LogP contribution in [0, 0.1) is 0 Å². The average Bonchev–Trinajstić information content (AvgIpc) is 2.84. The van der Waals surface area contributed by atoms with Crippen molar-refractivity contribution in [3.8, 4) is 0 Å². The fourth-order valence-corrected chi connectivity index (χ4v) is 4.25. The Balaban J connectivity index is 2.02. The van der Waals surface area contributed by atoms with E-state index in [0.717, 1.165) is 4.47 Å². The van der Waals surface area contributed by atoms with Crippen LogP contribution in [0.25, 0.3) is 11.1 Å². The Bertz CT molecular complexity index is 1170. The minimum atomic E-state index is 1.07. The molecule has 0 aromatic heterocycles. The van der Waals surface area contributed by atoms with Gasteiger partial charge in [0.15, 0.2) is 0 Å². The molecule has 0 aliphatic carbocycles. The molecule has 4 rings (SSSR count). The summed E-state index contributed by atoms with van der Waals surface area (Å²) in [4.78, 5) is 4.26. The number of benzene rings is 4. The molecule has 0 atom stereocenters. The summed E-state index contributed by atoms with van der Waals surface area (Å²) in [6.07, 6.45) is 0. The zero-order valence-corrected chi connectivity index (χ0v) is 21.2. The molecule has 166 valence electrons. The van der Waals surface area contributed by atoms with Gasteiger partial charge in [-0.3, -0.25) is 0 Å². The summed E-state index contributed by atoms with van der Waals surface area (Å²) in [6, 6.07) is 36.9. The van der Waals surface area contributed by atoms with Crippen LogP contribution in [0.5, 0.6) is 0 Å². The third kappa shape index (κ3) is 5.20. The molecule has 0 bridgehead atoms. The lowest BCUT2D eigenvalue weighted by atomic mass is 9.85. The third-order valence-electron chi connectivity index (χ3n) is 5.79. The van der Waals surface area contributed by atoms with Gasteiger partial charge in [-0.25, -0.2) is 0 Å². The molecular formula is C30H29BrN2. The molecule has 0 fully saturated rings. The molecule has 0 unspecified atom stereocenters. The van der Waals surface area contributed by atoms with Crippen LogP contribution in [0.2, 0.25) is 0 Å². The Morgan fingerprint density at radius 1 is 0.455 bits per heavy atom. The summed E-state index contributed by atoms with van der Waals surface area (Å²) in [7, 11) is 8.29. The lowest BCUT2D eigenvalue weighted by Gasteiger charge is -2.20. The molecule has 4 aromatic carbocycles. The fraction of sp³-hybridized carbons (Fsp3) is 0.133. The third-order valence-corrected chi connectivity index (χ3v) is 6.32. The van der Waals surface area contributed by atoms with E-state index >= 15 is 0 Å². The first kappa shape index (κ1) is 22.9. The normalized spacial score (nSPS) is 10.6. The predicted molar refractivity (Wildman–Crippen MR) is 147 cm³/mol. The molecule has 0 radical (unpaired) electrons. The molecule has 0 amide bonds. The summed E-state index contributed by atoms with van der Waals surface area (Å²) in [6.45, 7) is 0. The minimum absolute atomic E-state index is 1.07. The van der Waals surface area contributed by atoms with E-state index in [4.69, 9.17) is 0 Å². The van der Waals surface area contributed by atoms with Crippen molar-refractivity contribution in [2.45, 2.75) is 0 Å². The van der Waals surface area contributed by atoms with Gasteiger partial charge in [-0.15, -0.1) is 0 Å². The molecule has 0 saturated heterocycles. The number of anilines is 2. The van der Waals surface area contributed by atoms with Crippen LogP contribution in [0.3, 0.4) is 0 Å². The smallest absolute Gasteiger partial charge is 0.0361 e. The molecule has 0 heterocycles. The summed E-state index contributed by atoms with van der Waals surface area (Å²) < 4.78 is 1.07. The topological polar surface area (TPSA) is 6.48 Å². The van der Waals surface area contributed by atoms with Gasteiger partial charge < -0.3 is 9.80 Å². The van der Waals surface area contributed by atoms with E-state index in [1.54, 1.807) is 0 Å². The molecule has 0 N–H and O–H groups in total. The summed E-state index contributed by atoms with van der Waals surface area (Å²) in [5.41, 5.74) is 9.59. The largest absolute Gasteiger partial charge is 0.378 e. The predicted octanol–water partition coefficient (Wildman–Crippen LogP) is 7.59. The quantitative estimate of drug-likeness (QED) is 0.253. The van der Waals surface area contributed by atoms with Crippen molar-refractivity contribution >= 4 is 38.5 Å². The van der Waals surface area contributed by atoms with Crippen LogP contribution in [0.1, 0.15) is 22.3 Å². The molecule has 0 spiro atoms. The first-order chi connectivity index (χ1) is 15.9. The van der Waals surface area contributed by atoms with E-state index in [1.165, 1.54) is 44.8 Å². The molecule has 0 aliphatic heterocycles. The second-order valence-corrected chi connectivity index (χ2v) is 9.42. The van der Waals surface area contributed by atoms with Gasteiger partial charge in [0.2, 0.25) is 0 Å². The van der Waals surface area contributed by atoms with Gasteiger partial charge in [0.1, 0.15) is 0 Å². The number of halogens is 1.